The summed E-state index contributed by atoms with van der Waals surface area (Å²) < 4.78 is 16.8. The Hall–Kier alpha value is -2.69. The molecule has 0 unspecified atom stereocenters. The van der Waals surface area contributed by atoms with Crippen molar-refractivity contribution < 1.29 is 19.0 Å². The van der Waals surface area contributed by atoms with Crippen molar-refractivity contribution in [1.29, 1.82) is 0 Å². The number of anilines is 1. The molecule has 2 aromatic carbocycles. The molecule has 124 valence electrons. The fourth-order valence-electron chi connectivity index (χ4n) is 2.73. The van der Waals surface area contributed by atoms with Crippen molar-refractivity contribution in [3.8, 4) is 17.2 Å². The summed E-state index contributed by atoms with van der Waals surface area (Å²) in [4.78, 5) is 12.4. The molecule has 4 rings (SSSR count). The standard InChI is InChI=1S/C19H19NO4/c1-22-15-5-3-14(4-6-15)20-18(21)13-2-7-16-17(10-13)24-12-19(8-9-19)11-23-16/h2-7,10H,8-9,11-12H2,1H3,(H,20,21). The molecule has 1 aliphatic carbocycles. The molecule has 1 spiro atoms. The molecule has 0 saturated heterocycles. The van der Waals surface area contributed by atoms with E-state index in [0.29, 0.717) is 36.0 Å². The molecular formula is C19H19NO4. The number of amides is 1. The molecule has 2 aliphatic rings. The zero-order valence-corrected chi connectivity index (χ0v) is 13.5. The van der Waals surface area contributed by atoms with E-state index in [0.717, 1.165) is 18.6 Å². The van der Waals surface area contributed by atoms with Crippen molar-refractivity contribution in [2.75, 3.05) is 25.6 Å². The summed E-state index contributed by atoms with van der Waals surface area (Å²) in [5.41, 5.74) is 1.44. The molecule has 1 N–H and O–H groups in total. The Morgan fingerprint density at radius 1 is 1.04 bits per heavy atom. The van der Waals surface area contributed by atoms with E-state index in [9.17, 15) is 4.79 Å². The lowest BCUT2D eigenvalue weighted by Crippen LogP contribution is -2.17. The van der Waals surface area contributed by atoms with Gasteiger partial charge in [-0.05, 0) is 55.3 Å². The maximum absolute atomic E-state index is 12.4. The molecule has 1 amide bonds. The van der Waals surface area contributed by atoms with Gasteiger partial charge in [0, 0.05) is 16.7 Å². The topological polar surface area (TPSA) is 56.8 Å². The van der Waals surface area contributed by atoms with Crippen LogP contribution in [0.3, 0.4) is 0 Å². The van der Waals surface area contributed by atoms with Gasteiger partial charge in [0.25, 0.3) is 5.91 Å². The third-order valence-corrected chi connectivity index (χ3v) is 4.58. The average molecular weight is 325 g/mol. The van der Waals surface area contributed by atoms with Gasteiger partial charge in [-0.2, -0.15) is 0 Å². The number of hydrogen-bond donors (Lipinski definition) is 1. The smallest absolute Gasteiger partial charge is 0.255 e. The normalized spacial score (nSPS) is 17.0. The van der Waals surface area contributed by atoms with Crippen LogP contribution >= 0.6 is 0 Å². The molecule has 1 saturated carbocycles. The zero-order valence-electron chi connectivity index (χ0n) is 13.5. The van der Waals surface area contributed by atoms with Gasteiger partial charge in [0.15, 0.2) is 11.5 Å². The van der Waals surface area contributed by atoms with Gasteiger partial charge in [-0.25, -0.2) is 0 Å². The zero-order chi connectivity index (χ0) is 16.6. The molecule has 5 heteroatoms. The summed E-state index contributed by atoms with van der Waals surface area (Å²) in [6.45, 7) is 1.35. The van der Waals surface area contributed by atoms with Gasteiger partial charge in [-0.1, -0.05) is 0 Å². The van der Waals surface area contributed by atoms with Gasteiger partial charge in [0.2, 0.25) is 0 Å². The number of methoxy groups -OCH3 is 1. The first-order valence-electron chi connectivity index (χ1n) is 8.03. The molecule has 0 bridgehead atoms. The van der Waals surface area contributed by atoms with E-state index in [1.807, 2.05) is 0 Å². The number of fused-ring (bicyclic) bond motifs is 1. The first kappa shape index (κ1) is 14.9. The van der Waals surface area contributed by atoms with Crippen LogP contribution < -0.4 is 19.5 Å². The number of ether oxygens (including phenoxy) is 3. The largest absolute Gasteiger partial charge is 0.497 e. The lowest BCUT2D eigenvalue weighted by molar-refractivity contribution is 0.102. The molecule has 5 nitrogen and oxygen atoms in total. The van der Waals surface area contributed by atoms with E-state index in [-0.39, 0.29) is 11.3 Å². The predicted molar refractivity (Wildman–Crippen MR) is 90.0 cm³/mol. The van der Waals surface area contributed by atoms with Crippen molar-refractivity contribution in [2.45, 2.75) is 12.8 Å². The van der Waals surface area contributed by atoms with E-state index < -0.39 is 0 Å². The Balaban J connectivity index is 1.49. The fourth-order valence-corrected chi connectivity index (χ4v) is 2.73. The minimum atomic E-state index is -0.183. The van der Waals surface area contributed by atoms with Gasteiger partial charge in [-0.15, -0.1) is 0 Å². The summed E-state index contributed by atoms with van der Waals surface area (Å²) in [6, 6.07) is 12.5. The van der Waals surface area contributed by atoms with E-state index in [2.05, 4.69) is 5.32 Å². The SMILES string of the molecule is COc1ccc(NC(=O)c2ccc3c(c2)OCC2(CC2)CO3)cc1. The van der Waals surface area contributed by atoms with Crippen molar-refractivity contribution in [3.05, 3.63) is 48.0 Å². The number of rotatable bonds is 3. The maximum atomic E-state index is 12.4. The molecule has 1 fully saturated rings. The van der Waals surface area contributed by atoms with Crippen LogP contribution in [0.2, 0.25) is 0 Å². The fraction of sp³-hybridized carbons (Fsp3) is 0.316. The lowest BCUT2D eigenvalue weighted by Gasteiger charge is -2.10. The summed E-state index contributed by atoms with van der Waals surface area (Å²) in [7, 11) is 1.61. The van der Waals surface area contributed by atoms with Gasteiger partial charge in [-0.3, -0.25) is 4.79 Å². The van der Waals surface area contributed by atoms with Crippen molar-refractivity contribution in [3.63, 3.8) is 0 Å². The third kappa shape index (κ3) is 2.89. The van der Waals surface area contributed by atoms with Crippen LogP contribution in [0.4, 0.5) is 5.69 Å². The van der Waals surface area contributed by atoms with Crippen LogP contribution in [0.5, 0.6) is 17.2 Å². The minimum Gasteiger partial charge on any atom is -0.497 e. The Kier molecular flexibility index (Phi) is 3.56. The molecule has 1 aliphatic heterocycles. The molecule has 0 radical (unpaired) electrons. The highest BCUT2D eigenvalue weighted by Gasteiger charge is 2.46. The second kappa shape index (κ2) is 5.74. The summed E-state index contributed by atoms with van der Waals surface area (Å²) >= 11 is 0. The van der Waals surface area contributed by atoms with E-state index in [1.54, 1.807) is 49.6 Å². The Morgan fingerprint density at radius 3 is 2.42 bits per heavy atom. The van der Waals surface area contributed by atoms with E-state index >= 15 is 0 Å². The summed E-state index contributed by atoms with van der Waals surface area (Å²) in [5.74, 6) is 1.91. The molecular weight excluding hydrogens is 306 g/mol. The highest BCUT2D eigenvalue weighted by molar-refractivity contribution is 6.04. The molecule has 24 heavy (non-hydrogen) atoms. The third-order valence-electron chi connectivity index (χ3n) is 4.58. The second-order valence-electron chi connectivity index (χ2n) is 6.42. The van der Waals surface area contributed by atoms with Crippen LogP contribution in [0.15, 0.2) is 42.5 Å². The van der Waals surface area contributed by atoms with Crippen LogP contribution in [-0.4, -0.2) is 26.2 Å². The van der Waals surface area contributed by atoms with Crippen molar-refractivity contribution >= 4 is 11.6 Å². The van der Waals surface area contributed by atoms with Crippen LogP contribution in [-0.2, 0) is 0 Å². The van der Waals surface area contributed by atoms with Gasteiger partial charge in [0.05, 0.1) is 20.3 Å². The molecule has 0 atom stereocenters. The first-order chi connectivity index (χ1) is 11.7. The highest BCUT2D eigenvalue weighted by atomic mass is 16.5. The molecule has 2 aromatic rings. The highest BCUT2D eigenvalue weighted by Crippen LogP contribution is 2.49. The minimum absolute atomic E-state index is 0.183. The molecule has 0 aromatic heterocycles. The van der Waals surface area contributed by atoms with E-state index in [1.165, 1.54) is 0 Å². The van der Waals surface area contributed by atoms with Crippen LogP contribution in [0.1, 0.15) is 23.2 Å². The number of carbonyl (C=O) groups is 1. The second-order valence-corrected chi connectivity index (χ2v) is 6.42. The number of benzene rings is 2. The van der Waals surface area contributed by atoms with Gasteiger partial charge in [0.1, 0.15) is 5.75 Å². The van der Waals surface area contributed by atoms with Crippen LogP contribution in [0, 0.1) is 5.41 Å². The number of carbonyl (C=O) groups excluding carboxylic acids is 1. The monoisotopic (exact) mass is 325 g/mol. The van der Waals surface area contributed by atoms with E-state index in [4.69, 9.17) is 14.2 Å². The average Bonchev–Trinajstić information content (AvgIpc) is 3.42. The molecule has 1 heterocycles. The summed E-state index contributed by atoms with van der Waals surface area (Å²) in [6.07, 6.45) is 2.29. The van der Waals surface area contributed by atoms with Gasteiger partial charge >= 0.3 is 0 Å². The predicted octanol–water partition coefficient (Wildman–Crippen LogP) is 3.50. The van der Waals surface area contributed by atoms with Crippen LogP contribution in [0.25, 0.3) is 0 Å². The lowest BCUT2D eigenvalue weighted by atomic mass is 10.1. The summed E-state index contributed by atoms with van der Waals surface area (Å²) in [5, 5.41) is 2.87. The Morgan fingerprint density at radius 2 is 1.75 bits per heavy atom. The van der Waals surface area contributed by atoms with Crippen molar-refractivity contribution in [1.82, 2.24) is 0 Å². The first-order valence-corrected chi connectivity index (χ1v) is 8.03. The quantitative estimate of drug-likeness (QED) is 0.938. The number of nitrogens with one attached hydrogen (secondary N) is 1. The van der Waals surface area contributed by atoms with Gasteiger partial charge < -0.3 is 19.5 Å². The Labute approximate surface area is 140 Å². The number of hydrogen-bond acceptors (Lipinski definition) is 4. The maximum Gasteiger partial charge on any atom is 0.255 e. The Bertz CT molecular complexity index is 765. The van der Waals surface area contributed by atoms with Crippen molar-refractivity contribution in [2.24, 2.45) is 5.41 Å².